The van der Waals surface area contributed by atoms with Crippen molar-refractivity contribution < 1.29 is 14.7 Å². The first-order valence-electron chi connectivity index (χ1n) is 12.2. The summed E-state index contributed by atoms with van der Waals surface area (Å²) >= 11 is 0. The van der Waals surface area contributed by atoms with E-state index in [1.807, 2.05) is 80.0 Å². The minimum absolute atomic E-state index is 0.0625. The number of carbonyl (C=O) groups excluding carboxylic acids is 2. The van der Waals surface area contributed by atoms with Crippen LogP contribution in [0.25, 0.3) is 0 Å². The molecule has 0 saturated heterocycles. The Bertz CT molecular complexity index is 1020. The fourth-order valence-electron chi connectivity index (χ4n) is 3.88. The molecule has 0 fully saturated rings. The highest BCUT2D eigenvalue weighted by molar-refractivity contribution is 5.80. The van der Waals surface area contributed by atoms with Crippen LogP contribution in [0.3, 0.4) is 0 Å². The molecule has 2 heterocycles. The molecule has 2 unspecified atom stereocenters. The molecule has 2 atom stereocenters. The molecule has 4 rings (SSSR count). The van der Waals surface area contributed by atoms with Gasteiger partial charge in [-0.1, -0.05) is 80.2 Å². The van der Waals surface area contributed by atoms with E-state index in [1.54, 1.807) is 16.1 Å². The molecule has 1 N–H and O–H groups in total. The van der Waals surface area contributed by atoms with Gasteiger partial charge < -0.3 is 5.11 Å². The van der Waals surface area contributed by atoms with Crippen LogP contribution in [0.15, 0.2) is 96.4 Å². The zero-order chi connectivity index (χ0) is 26.2. The molecule has 0 saturated carbocycles. The van der Waals surface area contributed by atoms with Gasteiger partial charge in [0.15, 0.2) is 0 Å². The fourth-order valence-corrected chi connectivity index (χ4v) is 3.88. The lowest BCUT2D eigenvalue weighted by atomic mass is 10.0. The van der Waals surface area contributed by atoms with Crippen molar-refractivity contribution in [1.29, 1.82) is 0 Å². The Balaban J connectivity index is 0.000000229. The van der Waals surface area contributed by atoms with Gasteiger partial charge in [-0.05, 0) is 24.0 Å². The van der Waals surface area contributed by atoms with Crippen molar-refractivity contribution in [1.82, 2.24) is 10.0 Å². The van der Waals surface area contributed by atoms with Crippen LogP contribution in [-0.4, -0.2) is 39.4 Å². The predicted octanol–water partition coefficient (Wildman–Crippen LogP) is 6.35. The van der Waals surface area contributed by atoms with Crippen molar-refractivity contribution in [2.45, 2.75) is 57.5 Å². The summed E-state index contributed by atoms with van der Waals surface area (Å²) in [5.74, 6) is 0.178. The first kappa shape index (κ1) is 28.2. The topological polar surface area (TPSA) is 85.6 Å². The van der Waals surface area contributed by atoms with Gasteiger partial charge in [0.25, 0.3) is 0 Å². The van der Waals surface area contributed by atoms with E-state index in [0.717, 1.165) is 36.7 Å². The molecule has 0 aliphatic carbocycles. The Labute approximate surface area is 214 Å². The SMILES string of the molecule is C=CCCC(=O)N1N=CCC1c1ccccc1.C=CO.CCCC(=O)N1N=CCC1c1ccccc1. The van der Waals surface area contributed by atoms with Crippen LogP contribution in [-0.2, 0) is 9.59 Å². The molecule has 0 aromatic heterocycles. The van der Waals surface area contributed by atoms with Gasteiger partial charge in [-0.25, -0.2) is 10.0 Å². The zero-order valence-electron chi connectivity index (χ0n) is 20.9. The Hall–Kier alpha value is -4.00. The minimum Gasteiger partial charge on any atom is -0.516 e. The summed E-state index contributed by atoms with van der Waals surface area (Å²) in [4.78, 5) is 23.8. The lowest BCUT2D eigenvalue weighted by molar-refractivity contribution is -0.133. The summed E-state index contributed by atoms with van der Waals surface area (Å²) in [5, 5.41) is 18.9. The number of hydrazone groups is 2. The molecule has 7 heteroatoms. The van der Waals surface area contributed by atoms with Crippen LogP contribution < -0.4 is 0 Å². The summed E-state index contributed by atoms with van der Waals surface area (Å²) in [6, 6.07) is 20.2. The monoisotopic (exact) mass is 488 g/mol. The molecule has 0 spiro atoms. The highest BCUT2D eigenvalue weighted by Gasteiger charge is 2.28. The van der Waals surface area contributed by atoms with Crippen molar-refractivity contribution in [3.05, 3.63) is 97.3 Å². The third-order valence-electron chi connectivity index (χ3n) is 5.57. The van der Waals surface area contributed by atoms with Gasteiger partial charge in [-0.2, -0.15) is 10.2 Å². The highest BCUT2D eigenvalue weighted by atomic mass is 16.2. The second kappa shape index (κ2) is 15.8. The first-order chi connectivity index (χ1) is 17.6. The van der Waals surface area contributed by atoms with Crippen molar-refractivity contribution in [2.75, 3.05) is 0 Å². The average Bonchev–Trinajstić information content (AvgIpc) is 3.60. The largest absolute Gasteiger partial charge is 0.516 e. The smallest absolute Gasteiger partial charge is 0.243 e. The lowest BCUT2D eigenvalue weighted by Gasteiger charge is -2.22. The second-order valence-corrected chi connectivity index (χ2v) is 8.16. The van der Waals surface area contributed by atoms with Gasteiger partial charge in [-0.3, -0.25) is 9.59 Å². The van der Waals surface area contributed by atoms with E-state index in [9.17, 15) is 9.59 Å². The van der Waals surface area contributed by atoms with Gasteiger partial charge in [0, 0.05) is 38.1 Å². The lowest BCUT2D eigenvalue weighted by Crippen LogP contribution is -2.26. The molecule has 2 amide bonds. The summed E-state index contributed by atoms with van der Waals surface area (Å²) in [5.41, 5.74) is 2.29. The van der Waals surface area contributed by atoms with Crippen molar-refractivity contribution >= 4 is 24.2 Å². The van der Waals surface area contributed by atoms with E-state index < -0.39 is 0 Å². The number of nitrogens with zero attached hydrogens (tertiary/aromatic N) is 4. The Morgan fingerprint density at radius 1 is 0.861 bits per heavy atom. The van der Waals surface area contributed by atoms with Gasteiger partial charge in [0.2, 0.25) is 11.8 Å². The number of aliphatic hydroxyl groups is 1. The van der Waals surface area contributed by atoms with E-state index >= 15 is 0 Å². The molecule has 2 aromatic carbocycles. The van der Waals surface area contributed by atoms with Crippen molar-refractivity contribution in [3.63, 3.8) is 0 Å². The standard InChI is InChI=1S/C14H16N2O.C13H16N2O.C2H4O/c1-2-3-9-14(17)16-13(10-11-15-16)12-7-5-4-6-8-12;1-2-6-13(16)15-12(9-10-14-15)11-7-4-3-5-8-11;1-2-3/h2,4-8,11,13H,1,3,9-10H2;3-5,7-8,10,12H,2,6,9H2,1H3;2-3H,1H2. The van der Waals surface area contributed by atoms with Crippen LogP contribution in [0.5, 0.6) is 0 Å². The molecule has 0 radical (unpaired) electrons. The maximum atomic E-state index is 12.0. The Morgan fingerprint density at radius 2 is 1.28 bits per heavy atom. The molecule has 2 aliphatic rings. The predicted molar refractivity (Wildman–Crippen MR) is 145 cm³/mol. The number of hydrogen-bond acceptors (Lipinski definition) is 5. The number of allylic oxidation sites excluding steroid dienone is 1. The number of rotatable bonds is 7. The number of carbonyl (C=O) groups is 2. The molecule has 2 aliphatic heterocycles. The molecular weight excluding hydrogens is 452 g/mol. The summed E-state index contributed by atoms with van der Waals surface area (Å²) in [6.45, 7) is 8.55. The summed E-state index contributed by atoms with van der Waals surface area (Å²) < 4.78 is 0. The maximum absolute atomic E-state index is 12.0. The third-order valence-corrected chi connectivity index (χ3v) is 5.57. The van der Waals surface area contributed by atoms with Gasteiger partial charge in [-0.15, -0.1) is 6.58 Å². The fraction of sp³-hybridized carbons (Fsp3) is 0.310. The maximum Gasteiger partial charge on any atom is 0.243 e. The molecule has 36 heavy (non-hydrogen) atoms. The van der Waals surface area contributed by atoms with Crippen LogP contribution in [0.1, 0.15) is 68.7 Å². The van der Waals surface area contributed by atoms with Crippen molar-refractivity contribution in [2.24, 2.45) is 10.2 Å². The molecule has 0 bridgehead atoms. The normalized spacial score (nSPS) is 17.5. The minimum atomic E-state index is 0.0625. The van der Waals surface area contributed by atoms with Crippen LogP contribution >= 0.6 is 0 Å². The molecule has 7 nitrogen and oxygen atoms in total. The van der Waals surface area contributed by atoms with Gasteiger partial charge >= 0.3 is 0 Å². The van der Waals surface area contributed by atoms with Gasteiger partial charge in [0.1, 0.15) is 0 Å². The first-order valence-corrected chi connectivity index (χ1v) is 12.2. The van der Waals surface area contributed by atoms with E-state index in [4.69, 9.17) is 5.11 Å². The Kier molecular flexibility index (Phi) is 12.4. The third kappa shape index (κ3) is 8.34. The summed E-state index contributed by atoms with van der Waals surface area (Å²) in [7, 11) is 0. The molecule has 190 valence electrons. The van der Waals surface area contributed by atoms with E-state index in [-0.39, 0.29) is 23.9 Å². The Morgan fingerprint density at radius 3 is 1.67 bits per heavy atom. The zero-order valence-corrected chi connectivity index (χ0v) is 20.9. The molecule has 2 aromatic rings. The van der Waals surface area contributed by atoms with Crippen LogP contribution in [0.2, 0.25) is 0 Å². The number of hydrogen-bond donors (Lipinski definition) is 1. The second-order valence-electron chi connectivity index (χ2n) is 8.16. The number of benzene rings is 2. The van der Waals surface area contributed by atoms with E-state index in [1.165, 1.54) is 0 Å². The van der Waals surface area contributed by atoms with E-state index in [0.29, 0.717) is 19.3 Å². The number of aliphatic hydroxyl groups excluding tert-OH is 1. The molecular formula is C29H36N4O3. The van der Waals surface area contributed by atoms with Crippen LogP contribution in [0.4, 0.5) is 0 Å². The van der Waals surface area contributed by atoms with Gasteiger partial charge in [0.05, 0.1) is 18.3 Å². The average molecular weight is 489 g/mol. The van der Waals surface area contributed by atoms with Crippen molar-refractivity contribution in [3.8, 4) is 0 Å². The summed E-state index contributed by atoms with van der Waals surface area (Å²) in [6.07, 6.45) is 10.4. The van der Waals surface area contributed by atoms with Crippen LogP contribution in [0, 0.1) is 0 Å². The van der Waals surface area contributed by atoms with E-state index in [2.05, 4.69) is 23.4 Å². The highest BCUT2D eigenvalue weighted by Crippen LogP contribution is 2.29. The number of amides is 2. The quantitative estimate of drug-likeness (QED) is 0.364.